The average Bonchev–Trinajstić information content (AvgIpc) is 2.50. The maximum absolute atomic E-state index is 10.5. The second-order valence-corrected chi connectivity index (χ2v) is 6.64. The third-order valence-corrected chi connectivity index (χ3v) is 4.82. The van der Waals surface area contributed by atoms with Crippen LogP contribution < -0.4 is 0 Å². The molecule has 144 valence electrons. The van der Waals surface area contributed by atoms with Gasteiger partial charge in [0.05, 0.1) is 26.2 Å². The number of nitrogens with zero attached hydrogens (tertiary/aromatic N) is 1. The molecule has 0 aliphatic carbocycles. The molecule has 0 saturated carbocycles. The lowest BCUT2D eigenvalue weighted by molar-refractivity contribution is -0.928. The highest BCUT2D eigenvalue weighted by molar-refractivity contribution is 5.98. The van der Waals surface area contributed by atoms with E-state index in [-0.39, 0.29) is 12.8 Å². The third-order valence-electron chi connectivity index (χ3n) is 4.82. The van der Waals surface area contributed by atoms with E-state index in [1.807, 2.05) is 0 Å². The van der Waals surface area contributed by atoms with E-state index in [1.54, 1.807) is 13.8 Å². The number of carboxylic acid groups (broad SMARTS) is 2. The zero-order chi connectivity index (χ0) is 19.2. The van der Waals surface area contributed by atoms with Gasteiger partial charge in [-0.05, 0) is 38.5 Å². The predicted molar refractivity (Wildman–Crippen MR) is 99.2 cm³/mol. The minimum absolute atomic E-state index is 0.119. The van der Waals surface area contributed by atoms with E-state index in [4.69, 9.17) is 10.2 Å². The van der Waals surface area contributed by atoms with Crippen LogP contribution in [-0.2, 0) is 9.59 Å². The molecule has 0 aromatic carbocycles. The van der Waals surface area contributed by atoms with Crippen LogP contribution in [0.3, 0.4) is 0 Å². The maximum Gasteiger partial charge on any atom is 0.321 e. The second-order valence-electron chi connectivity index (χ2n) is 6.64. The van der Waals surface area contributed by atoms with Crippen molar-refractivity contribution in [2.75, 3.05) is 26.2 Å². The van der Waals surface area contributed by atoms with Gasteiger partial charge in [0.1, 0.15) is 0 Å². The molecule has 2 N–H and O–H groups in total. The normalized spacial score (nSPS) is 11.6. The number of carbonyl (C=O) groups is 2. The van der Waals surface area contributed by atoms with Gasteiger partial charge in [-0.15, -0.1) is 0 Å². The van der Waals surface area contributed by atoms with Gasteiger partial charge in [-0.3, -0.25) is 9.59 Å². The molecule has 0 heterocycles. The van der Waals surface area contributed by atoms with Crippen LogP contribution in [0.5, 0.6) is 0 Å². The lowest BCUT2D eigenvalue weighted by Gasteiger charge is -2.38. The molecule has 5 nitrogen and oxygen atoms in total. The van der Waals surface area contributed by atoms with E-state index in [1.165, 1.54) is 56.3 Å². The van der Waals surface area contributed by atoms with Crippen molar-refractivity contribution in [1.82, 2.24) is 0 Å². The molecule has 0 bridgehead atoms. The van der Waals surface area contributed by atoms with Gasteiger partial charge in [-0.25, -0.2) is 0 Å². The third kappa shape index (κ3) is 7.65. The molecular formula is C19H40NO4+. The van der Waals surface area contributed by atoms with Crippen LogP contribution in [0.15, 0.2) is 0 Å². The van der Waals surface area contributed by atoms with Crippen molar-refractivity contribution >= 4 is 11.9 Å². The standard InChI is InChI=1S/C12H28N.C7H12O4/c1-5-9-13(10-6-2,11-7-3)12-8-4;1-3-7(4-2,5(8)9)6(10)11/h5-12H2,1-4H3;3-4H2,1-2H3,(H,8,9)(H,10,11)/q+1;. The zero-order valence-electron chi connectivity index (χ0n) is 16.7. The van der Waals surface area contributed by atoms with Crippen LogP contribution in [-0.4, -0.2) is 52.8 Å². The molecule has 0 rings (SSSR count). The first-order valence-electron chi connectivity index (χ1n) is 9.57. The largest absolute Gasteiger partial charge is 0.480 e. The summed E-state index contributed by atoms with van der Waals surface area (Å²) in [6, 6.07) is 0. The predicted octanol–water partition coefficient (Wildman–Crippen LogP) is 4.41. The molecule has 0 aromatic heterocycles. The number of rotatable bonds is 12. The lowest BCUT2D eigenvalue weighted by atomic mass is 9.83. The number of quaternary nitrogens is 1. The van der Waals surface area contributed by atoms with E-state index in [0.717, 1.165) is 0 Å². The Kier molecular flexibility index (Phi) is 13.9. The Morgan fingerprint density at radius 3 is 1.00 bits per heavy atom. The van der Waals surface area contributed by atoms with Crippen LogP contribution >= 0.6 is 0 Å². The summed E-state index contributed by atoms with van der Waals surface area (Å²) in [5.41, 5.74) is -1.58. The van der Waals surface area contributed by atoms with Crippen LogP contribution in [0.2, 0.25) is 0 Å². The number of hydrogen-bond donors (Lipinski definition) is 2. The molecule has 0 unspecified atom stereocenters. The maximum atomic E-state index is 10.5. The minimum Gasteiger partial charge on any atom is -0.480 e. The summed E-state index contributed by atoms with van der Waals surface area (Å²) in [7, 11) is 0. The smallest absolute Gasteiger partial charge is 0.321 e. The Morgan fingerprint density at radius 2 is 0.917 bits per heavy atom. The quantitative estimate of drug-likeness (QED) is 0.405. The molecule has 5 heteroatoms. The molecule has 24 heavy (non-hydrogen) atoms. The van der Waals surface area contributed by atoms with E-state index in [9.17, 15) is 9.59 Å². The molecule has 0 aliphatic heterocycles. The van der Waals surface area contributed by atoms with Gasteiger partial charge in [-0.1, -0.05) is 41.5 Å². The van der Waals surface area contributed by atoms with Crippen molar-refractivity contribution < 1.29 is 24.3 Å². The van der Waals surface area contributed by atoms with Crippen molar-refractivity contribution in [2.24, 2.45) is 5.41 Å². The van der Waals surface area contributed by atoms with Crippen molar-refractivity contribution in [3.63, 3.8) is 0 Å². The fourth-order valence-electron chi connectivity index (χ4n) is 3.51. The Morgan fingerprint density at radius 1 is 0.667 bits per heavy atom. The van der Waals surface area contributed by atoms with Gasteiger partial charge in [0.2, 0.25) is 0 Å². The fraction of sp³-hybridized carbons (Fsp3) is 0.895. The van der Waals surface area contributed by atoms with Crippen molar-refractivity contribution in [3.05, 3.63) is 0 Å². The second kappa shape index (κ2) is 13.2. The first kappa shape index (κ1) is 25.1. The van der Waals surface area contributed by atoms with Crippen molar-refractivity contribution in [3.8, 4) is 0 Å². The van der Waals surface area contributed by atoms with Gasteiger partial charge in [0.15, 0.2) is 5.41 Å². The van der Waals surface area contributed by atoms with Gasteiger partial charge in [-0.2, -0.15) is 0 Å². The Hall–Kier alpha value is -1.10. The summed E-state index contributed by atoms with van der Waals surface area (Å²) in [5, 5.41) is 17.2. The summed E-state index contributed by atoms with van der Waals surface area (Å²) in [4.78, 5) is 21.1. The molecule has 0 aromatic rings. The lowest BCUT2D eigenvalue weighted by Crippen LogP contribution is -2.50. The van der Waals surface area contributed by atoms with Crippen LogP contribution in [0.4, 0.5) is 0 Å². The van der Waals surface area contributed by atoms with E-state index < -0.39 is 17.4 Å². The minimum atomic E-state index is -1.58. The fourth-order valence-corrected chi connectivity index (χ4v) is 3.51. The molecule has 0 saturated heterocycles. The first-order valence-corrected chi connectivity index (χ1v) is 9.57. The molecule has 0 atom stereocenters. The highest BCUT2D eigenvalue weighted by atomic mass is 16.4. The van der Waals surface area contributed by atoms with E-state index in [0.29, 0.717) is 0 Å². The molecule has 0 fully saturated rings. The zero-order valence-corrected chi connectivity index (χ0v) is 16.7. The van der Waals surface area contributed by atoms with Gasteiger partial charge >= 0.3 is 11.9 Å². The van der Waals surface area contributed by atoms with Crippen molar-refractivity contribution in [2.45, 2.75) is 80.1 Å². The molecule has 0 aliphatic rings. The molecule has 0 radical (unpaired) electrons. The SMILES string of the molecule is CCC(CC)(C(=O)O)C(=O)O.CCC[N+](CCC)(CCC)CCC. The topological polar surface area (TPSA) is 74.6 Å². The monoisotopic (exact) mass is 346 g/mol. The van der Waals surface area contributed by atoms with Crippen LogP contribution in [0, 0.1) is 5.41 Å². The highest BCUT2D eigenvalue weighted by Crippen LogP contribution is 2.26. The Balaban J connectivity index is 0. The Bertz CT molecular complexity index is 306. The first-order chi connectivity index (χ1) is 11.3. The van der Waals surface area contributed by atoms with Crippen molar-refractivity contribution in [1.29, 1.82) is 0 Å². The van der Waals surface area contributed by atoms with E-state index >= 15 is 0 Å². The van der Waals surface area contributed by atoms with Crippen LogP contribution in [0.1, 0.15) is 80.1 Å². The van der Waals surface area contributed by atoms with Gasteiger partial charge < -0.3 is 14.7 Å². The molecule has 0 amide bonds. The summed E-state index contributed by atoms with van der Waals surface area (Å²) in [5.74, 6) is -2.51. The number of hydrogen-bond acceptors (Lipinski definition) is 2. The highest BCUT2D eigenvalue weighted by Gasteiger charge is 2.42. The van der Waals surface area contributed by atoms with E-state index in [2.05, 4.69) is 27.7 Å². The Labute approximate surface area is 148 Å². The summed E-state index contributed by atoms with van der Waals surface area (Å²) < 4.78 is 1.38. The summed E-state index contributed by atoms with van der Waals surface area (Å²) in [6.45, 7) is 17.9. The number of aliphatic carboxylic acids is 2. The molecular weight excluding hydrogens is 306 g/mol. The van der Waals surface area contributed by atoms with Gasteiger partial charge in [0.25, 0.3) is 0 Å². The summed E-state index contributed by atoms with van der Waals surface area (Å²) in [6.07, 6.45) is 5.57. The van der Waals surface area contributed by atoms with Gasteiger partial charge in [0, 0.05) is 0 Å². The summed E-state index contributed by atoms with van der Waals surface area (Å²) >= 11 is 0. The average molecular weight is 347 g/mol. The molecule has 0 spiro atoms. The van der Waals surface area contributed by atoms with Crippen LogP contribution in [0.25, 0.3) is 0 Å². The number of carboxylic acids is 2.